The Morgan fingerprint density at radius 2 is 1.64 bits per heavy atom. The summed E-state index contributed by atoms with van der Waals surface area (Å²) in [5.41, 5.74) is 9.63. The number of nitrogens with two attached hydrogens (primary N) is 2. The van der Waals surface area contributed by atoms with E-state index in [1.165, 1.54) is 26.3 Å². The fraction of sp³-hybridized carbons (Fsp3) is 0.727. The number of allylic oxidation sites excluding steroid dienone is 1. The summed E-state index contributed by atoms with van der Waals surface area (Å²) >= 11 is 0. The van der Waals surface area contributed by atoms with Crippen LogP contribution in [0.25, 0.3) is 0 Å². The Morgan fingerprint density at radius 1 is 1.29 bits per heavy atom. The Kier molecular flexibility index (Phi) is 13.6. The van der Waals surface area contributed by atoms with Crippen LogP contribution in [0, 0.1) is 5.92 Å². The van der Waals surface area contributed by atoms with E-state index < -0.39 is 0 Å². The lowest BCUT2D eigenvalue weighted by molar-refractivity contribution is -0.122. The van der Waals surface area contributed by atoms with Crippen molar-refractivity contribution in [1.29, 1.82) is 0 Å². The molecule has 3 nitrogen and oxygen atoms in total. The average molecular weight is 200 g/mol. The number of carbonyl (C=O) groups excluding carboxylic acids is 1. The second kappa shape index (κ2) is 12.2. The van der Waals surface area contributed by atoms with Crippen LogP contribution in [0.15, 0.2) is 12.7 Å². The van der Waals surface area contributed by atoms with Crippen molar-refractivity contribution in [1.82, 2.24) is 0 Å². The zero-order chi connectivity index (χ0) is 11.4. The van der Waals surface area contributed by atoms with Crippen LogP contribution in [0.2, 0.25) is 0 Å². The van der Waals surface area contributed by atoms with E-state index in [2.05, 4.69) is 12.3 Å². The molecule has 0 aromatic carbocycles. The van der Waals surface area contributed by atoms with Crippen molar-refractivity contribution in [2.24, 2.45) is 17.4 Å². The van der Waals surface area contributed by atoms with E-state index in [1.807, 2.05) is 6.92 Å². The third-order valence-electron chi connectivity index (χ3n) is 2.01. The number of primary amides is 1. The minimum Gasteiger partial charge on any atom is -0.369 e. The van der Waals surface area contributed by atoms with Gasteiger partial charge in [-0.25, -0.2) is 0 Å². The molecular weight excluding hydrogens is 176 g/mol. The van der Waals surface area contributed by atoms with Gasteiger partial charge < -0.3 is 11.5 Å². The van der Waals surface area contributed by atoms with E-state index >= 15 is 0 Å². The van der Waals surface area contributed by atoms with Gasteiger partial charge in [-0.05, 0) is 26.8 Å². The van der Waals surface area contributed by atoms with E-state index in [0.29, 0.717) is 0 Å². The Bertz CT molecular complexity index is 140. The van der Waals surface area contributed by atoms with E-state index in [0.717, 1.165) is 12.8 Å². The van der Waals surface area contributed by atoms with Crippen LogP contribution in [-0.4, -0.2) is 13.0 Å². The van der Waals surface area contributed by atoms with Gasteiger partial charge in [0, 0.05) is 5.92 Å². The van der Waals surface area contributed by atoms with Crippen LogP contribution in [0.4, 0.5) is 0 Å². The third-order valence-corrected chi connectivity index (χ3v) is 2.01. The van der Waals surface area contributed by atoms with Gasteiger partial charge in [0.15, 0.2) is 0 Å². The van der Waals surface area contributed by atoms with Gasteiger partial charge in [-0.2, -0.15) is 0 Å². The minimum absolute atomic E-state index is 0.102. The highest BCUT2D eigenvalue weighted by Gasteiger charge is 2.17. The maximum absolute atomic E-state index is 10.6. The van der Waals surface area contributed by atoms with E-state index in [1.54, 1.807) is 6.08 Å². The largest absolute Gasteiger partial charge is 0.369 e. The van der Waals surface area contributed by atoms with Crippen LogP contribution >= 0.6 is 0 Å². The van der Waals surface area contributed by atoms with Gasteiger partial charge in [-0.1, -0.05) is 25.3 Å². The Hall–Kier alpha value is -0.830. The van der Waals surface area contributed by atoms with Gasteiger partial charge in [-0.15, -0.1) is 6.58 Å². The molecule has 84 valence electrons. The fourth-order valence-electron chi connectivity index (χ4n) is 1.39. The van der Waals surface area contributed by atoms with Crippen LogP contribution in [0.1, 0.15) is 39.0 Å². The molecule has 0 aromatic heterocycles. The maximum Gasteiger partial charge on any atom is 0.220 e. The molecule has 0 spiro atoms. The summed E-state index contributed by atoms with van der Waals surface area (Å²) in [5.74, 6) is 0.0912. The summed E-state index contributed by atoms with van der Waals surface area (Å²) in [4.78, 5) is 10.6. The van der Waals surface area contributed by atoms with E-state index in [-0.39, 0.29) is 11.8 Å². The highest BCUT2D eigenvalue weighted by Crippen LogP contribution is 2.22. The summed E-state index contributed by atoms with van der Waals surface area (Å²) in [6.07, 6.45) is 7.45. The molecule has 3 heteroatoms. The number of hydrogen-bond acceptors (Lipinski definition) is 2. The SMILES string of the molecule is C=CC.CN.NC(=O)C1CCCCC1. The van der Waals surface area contributed by atoms with Crippen molar-refractivity contribution >= 4 is 5.91 Å². The van der Waals surface area contributed by atoms with E-state index in [4.69, 9.17) is 5.73 Å². The molecule has 1 amide bonds. The molecular formula is C11H24N2O. The lowest BCUT2D eigenvalue weighted by Gasteiger charge is -2.17. The minimum atomic E-state index is -0.102. The molecule has 0 bridgehead atoms. The quantitative estimate of drug-likeness (QED) is 0.634. The Morgan fingerprint density at radius 3 is 1.86 bits per heavy atom. The topological polar surface area (TPSA) is 69.1 Å². The summed E-state index contributed by atoms with van der Waals surface area (Å²) in [7, 11) is 1.50. The van der Waals surface area contributed by atoms with Crippen LogP contribution in [0.3, 0.4) is 0 Å². The monoisotopic (exact) mass is 200 g/mol. The van der Waals surface area contributed by atoms with Crippen molar-refractivity contribution in [2.45, 2.75) is 39.0 Å². The molecule has 0 aliphatic heterocycles. The molecule has 14 heavy (non-hydrogen) atoms. The summed E-state index contributed by atoms with van der Waals surface area (Å²) < 4.78 is 0. The second-order valence-electron chi connectivity index (χ2n) is 3.15. The molecule has 1 saturated carbocycles. The summed E-state index contributed by atoms with van der Waals surface area (Å²) in [6.45, 7) is 5.25. The van der Waals surface area contributed by atoms with Crippen LogP contribution in [-0.2, 0) is 4.79 Å². The van der Waals surface area contributed by atoms with Crippen molar-refractivity contribution < 1.29 is 4.79 Å². The van der Waals surface area contributed by atoms with Gasteiger partial charge in [-0.3, -0.25) is 4.79 Å². The first-order valence-electron chi connectivity index (χ1n) is 5.16. The second-order valence-corrected chi connectivity index (χ2v) is 3.15. The summed E-state index contributed by atoms with van der Waals surface area (Å²) in [5, 5.41) is 0. The zero-order valence-electron chi connectivity index (χ0n) is 9.46. The predicted molar refractivity (Wildman–Crippen MR) is 61.8 cm³/mol. The Balaban J connectivity index is 0. The molecule has 0 radical (unpaired) electrons. The van der Waals surface area contributed by atoms with E-state index in [9.17, 15) is 4.79 Å². The van der Waals surface area contributed by atoms with Crippen molar-refractivity contribution in [3.63, 3.8) is 0 Å². The molecule has 0 aromatic rings. The maximum atomic E-state index is 10.6. The van der Waals surface area contributed by atoms with Crippen LogP contribution < -0.4 is 11.5 Å². The molecule has 1 aliphatic rings. The number of amides is 1. The molecule has 0 unspecified atom stereocenters. The first-order valence-corrected chi connectivity index (χ1v) is 5.16. The molecule has 1 aliphatic carbocycles. The van der Waals surface area contributed by atoms with Gasteiger partial charge in [0.1, 0.15) is 0 Å². The third kappa shape index (κ3) is 9.26. The molecule has 4 N–H and O–H groups in total. The lowest BCUT2D eigenvalue weighted by Crippen LogP contribution is -2.24. The zero-order valence-corrected chi connectivity index (χ0v) is 9.46. The first kappa shape index (κ1) is 15.6. The summed E-state index contributed by atoms with van der Waals surface area (Å²) in [6, 6.07) is 0. The normalized spacial score (nSPS) is 15.4. The number of carbonyl (C=O) groups is 1. The van der Waals surface area contributed by atoms with Gasteiger partial charge in [0.2, 0.25) is 5.91 Å². The van der Waals surface area contributed by atoms with Crippen molar-refractivity contribution in [3.05, 3.63) is 12.7 Å². The first-order chi connectivity index (χ1) is 6.72. The Labute approximate surface area is 87.5 Å². The van der Waals surface area contributed by atoms with Crippen molar-refractivity contribution in [3.8, 4) is 0 Å². The molecule has 0 atom stereocenters. The highest BCUT2D eigenvalue weighted by molar-refractivity contribution is 5.76. The fourth-order valence-corrected chi connectivity index (χ4v) is 1.39. The smallest absolute Gasteiger partial charge is 0.220 e. The number of rotatable bonds is 1. The molecule has 1 fully saturated rings. The number of hydrogen-bond donors (Lipinski definition) is 2. The molecule has 1 rings (SSSR count). The average Bonchev–Trinajstić information content (AvgIpc) is 2.23. The highest BCUT2D eigenvalue weighted by atomic mass is 16.1. The van der Waals surface area contributed by atoms with Crippen LogP contribution in [0.5, 0.6) is 0 Å². The molecule has 0 heterocycles. The van der Waals surface area contributed by atoms with Gasteiger partial charge in [0.05, 0.1) is 0 Å². The lowest BCUT2D eigenvalue weighted by atomic mass is 9.89. The molecule has 0 saturated heterocycles. The van der Waals surface area contributed by atoms with Crippen molar-refractivity contribution in [2.75, 3.05) is 7.05 Å². The predicted octanol–water partition coefficient (Wildman–Crippen LogP) is 1.82. The van der Waals surface area contributed by atoms with Gasteiger partial charge in [0.25, 0.3) is 0 Å². The standard InChI is InChI=1S/C7H13NO.C3H6.CH5N/c8-7(9)6-4-2-1-3-5-6;1-3-2;1-2/h6H,1-5H2,(H2,8,9);3H,1H2,2H3;2H2,1H3. The van der Waals surface area contributed by atoms with Gasteiger partial charge >= 0.3 is 0 Å².